The van der Waals surface area contributed by atoms with Crippen molar-refractivity contribution in [3.8, 4) is 11.8 Å². The molecule has 16 heteroatoms. The molecule has 15 nitrogen and oxygen atoms in total. The minimum Gasteiger partial charge on any atom is -0.462 e. The zero-order valence-electron chi connectivity index (χ0n) is 49.9. The highest BCUT2D eigenvalue weighted by molar-refractivity contribution is 7.47. The summed E-state index contributed by atoms with van der Waals surface area (Å²) in [6, 6.07) is 15.4. The first-order valence-electron chi connectivity index (χ1n) is 31.6. The van der Waals surface area contributed by atoms with E-state index in [1.807, 2.05) is 48.5 Å². The molecule has 2 atom stereocenters. The molecule has 1 aliphatic rings. The lowest BCUT2D eigenvalue weighted by molar-refractivity contribution is -0.161. The number of ether oxygens (including phenoxy) is 3. The normalized spacial score (nSPS) is 12.7. The molecule has 464 valence electrons. The molecule has 0 aromatic heterocycles. The van der Waals surface area contributed by atoms with Crippen LogP contribution >= 0.6 is 7.82 Å². The fourth-order valence-corrected chi connectivity index (χ4v) is 10.6. The van der Waals surface area contributed by atoms with Gasteiger partial charge >= 0.3 is 25.9 Å². The van der Waals surface area contributed by atoms with Crippen molar-refractivity contribution >= 4 is 43.4 Å². The largest absolute Gasteiger partial charge is 0.472 e. The lowest BCUT2D eigenvalue weighted by Crippen LogP contribution is -2.32. The minimum atomic E-state index is -4.68. The number of carbonyl (C=O) groups is 5. The van der Waals surface area contributed by atoms with Crippen molar-refractivity contribution in [3.63, 3.8) is 0 Å². The number of nitrogens with zero attached hydrogens (tertiary/aromatic N) is 1. The highest BCUT2D eigenvalue weighted by atomic mass is 31.2. The molecule has 0 bridgehead atoms. The molecule has 0 spiro atoms. The van der Waals surface area contributed by atoms with Crippen LogP contribution in [0.15, 0.2) is 48.5 Å². The van der Waals surface area contributed by atoms with E-state index >= 15 is 0 Å². The lowest BCUT2D eigenvalue weighted by Gasteiger charge is -2.26. The van der Waals surface area contributed by atoms with Crippen molar-refractivity contribution in [1.82, 2.24) is 10.6 Å². The number of phosphoric acid groups is 1. The second-order valence-electron chi connectivity index (χ2n) is 21.8. The van der Waals surface area contributed by atoms with Crippen LogP contribution in [0.1, 0.15) is 269 Å². The Hall–Kier alpha value is -4.74. The summed E-state index contributed by atoms with van der Waals surface area (Å²) in [5.74, 6) is 5.17. The molecule has 82 heavy (non-hydrogen) atoms. The van der Waals surface area contributed by atoms with Gasteiger partial charge in [0.05, 0.1) is 32.0 Å². The molecule has 2 aromatic carbocycles. The first-order valence-corrected chi connectivity index (χ1v) is 33.1. The molecule has 1 aliphatic heterocycles. The summed E-state index contributed by atoms with van der Waals surface area (Å²) in [5.41, 5.74) is 3.40. The average molecular weight is 1170 g/mol. The summed E-state index contributed by atoms with van der Waals surface area (Å²) in [5, 5.41) is 5.11. The van der Waals surface area contributed by atoms with Crippen LogP contribution in [0.2, 0.25) is 0 Å². The van der Waals surface area contributed by atoms with E-state index in [0.29, 0.717) is 32.2 Å². The number of amides is 3. The first kappa shape index (κ1) is 73.4. The Morgan fingerprint density at radius 1 is 0.524 bits per heavy atom. The molecule has 0 saturated carbocycles. The maximum Gasteiger partial charge on any atom is 0.472 e. The molecule has 0 radical (unpaired) electrons. The van der Waals surface area contributed by atoms with Crippen LogP contribution in [0.3, 0.4) is 0 Å². The first-order chi connectivity index (χ1) is 39.5. The van der Waals surface area contributed by atoms with Gasteiger partial charge in [0.1, 0.15) is 13.2 Å². The van der Waals surface area contributed by atoms with Gasteiger partial charge in [0.25, 0.3) is 0 Å². The van der Waals surface area contributed by atoms with Crippen molar-refractivity contribution in [2.45, 2.75) is 265 Å². The van der Waals surface area contributed by atoms with Gasteiger partial charge in [-0.05, 0) is 49.4 Å². The van der Waals surface area contributed by atoms with Gasteiger partial charge in [0.15, 0.2) is 6.10 Å². The van der Waals surface area contributed by atoms with Crippen LogP contribution in [-0.4, -0.2) is 80.4 Å². The van der Waals surface area contributed by atoms with Crippen molar-refractivity contribution < 1.29 is 56.7 Å². The third-order valence-electron chi connectivity index (χ3n) is 14.6. The molecular weight excluding hydrogens is 1060 g/mol. The number of nitrogens with one attached hydrogen (secondary N) is 2. The summed E-state index contributed by atoms with van der Waals surface area (Å²) in [4.78, 5) is 76.0. The molecule has 0 aliphatic carbocycles. The van der Waals surface area contributed by atoms with Gasteiger partial charge in [0, 0.05) is 43.4 Å². The van der Waals surface area contributed by atoms with Crippen molar-refractivity contribution in [1.29, 1.82) is 0 Å². The summed E-state index contributed by atoms with van der Waals surface area (Å²) < 4.78 is 39.2. The number of fused-ring (bicyclic) bond motifs is 2. The van der Waals surface area contributed by atoms with Gasteiger partial charge < -0.3 is 34.6 Å². The standard InChI is InChI=1S/C65H104N3O12P.CH4/c1-3-5-7-9-11-13-15-17-19-21-23-25-27-29-31-45-63(71)77-54-59(80-64(72)46-32-30-28-26-24-22-20-18-16-14-12-10-8-6-4-2)55-79-81(74,75)78-52-50-67-65(73)76-51-49-66-61(69)43-37-38-44-62(70)68-53-58-41-34-33-39-56(58)47-48-57-40-35-36-42-60(57)68;/h33-36,39-42,59H,3-32,37-38,43-46,49-55H2,1-2H3,(H,66,69)(H,67,73)(H,74,75);1H4/t59-;/m1./s1. The summed E-state index contributed by atoms with van der Waals surface area (Å²) in [6.07, 6.45) is 36.2. The van der Waals surface area contributed by atoms with Crippen LogP contribution in [0.4, 0.5) is 10.5 Å². The molecule has 3 N–H and O–H groups in total. The number of anilines is 1. The fraction of sp³-hybridized carbons (Fsp3) is 0.712. The summed E-state index contributed by atoms with van der Waals surface area (Å²) in [6.45, 7) is 3.34. The number of benzene rings is 2. The van der Waals surface area contributed by atoms with E-state index < -0.39 is 45.2 Å². The number of rotatable bonds is 50. The number of esters is 2. The van der Waals surface area contributed by atoms with E-state index in [1.165, 1.54) is 141 Å². The Balaban J connectivity index is 0.0000230. The van der Waals surface area contributed by atoms with Crippen LogP contribution in [0.5, 0.6) is 0 Å². The number of hydrogen-bond acceptors (Lipinski definition) is 11. The Bertz CT molecular complexity index is 2140. The van der Waals surface area contributed by atoms with E-state index in [2.05, 4.69) is 36.3 Å². The highest BCUT2D eigenvalue weighted by Crippen LogP contribution is 2.43. The lowest BCUT2D eigenvalue weighted by atomic mass is 10.0. The molecular formula is C66H108N3O12P. The predicted molar refractivity (Wildman–Crippen MR) is 329 cm³/mol. The van der Waals surface area contributed by atoms with Crippen LogP contribution in [-0.2, 0) is 53.5 Å². The maximum absolute atomic E-state index is 13.5. The van der Waals surface area contributed by atoms with Gasteiger partial charge in [-0.15, -0.1) is 0 Å². The predicted octanol–water partition coefficient (Wildman–Crippen LogP) is 16.1. The van der Waals surface area contributed by atoms with Gasteiger partial charge in [-0.2, -0.15) is 0 Å². The Labute approximate surface area is 495 Å². The third kappa shape index (κ3) is 37.5. The molecule has 1 unspecified atom stereocenters. The molecule has 3 amide bonds. The third-order valence-corrected chi connectivity index (χ3v) is 15.6. The number of unbranched alkanes of at least 4 members (excludes halogenated alkanes) is 29. The van der Waals surface area contributed by atoms with E-state index in [1.54, 1.807) is 4.90 Å². The monoisotopic (exact) mass is 1170 g/mol. The zero-order valence-corrected chi connectivity index (χ0v) is 50.8. The maximum atomic E-state index is 13.5. The Morgan fingerprint density at radius 3 is 1.54 bits per heavy atom. The number of para-hydroxylation sites is 1. The van der Waals surface area contributed by atoms with Gasteiger partial charge in [0.2, 0.25) is 11.8 Å². The smallest absolute Gasteiger partial charge is 0.462 e. The van der Waals surface area contributed by atoms with Crippen molar-refractivity contribution in [3.05, 3.63) is 65.2 Å². The van der Waals surface area contributed by atoms with Crippen LogP contribution in [0, 0.1) is 11.8 Å². The molecule has 0 fully saturated rings. The van der Waals surface area contributed by atoms with Gasteiger partial charge in [-0.3, -0.25) is 28.2 Å². The van der Waals surface area contributed by atoms with Crippen LogP contribution < -0.4 is 15.5 Å². The average Bonchev–Trinajstić information content (AvgIpc) is 3.58. The van der Waals surface area contributed by atoms with Crippen LogP contribution in [0.25, 0.3) is 0 Å². The molecule has 3 rings (SSSR count). The SMILES string of the molecule is C.CCCCCCCCCCCCCCCCCC(=O)OC[C@H](COP(=O)(O)OCCNC(=O)OCCNC(=O)CCCCC(=O)N1Cc2ccccc2C#Cc2ccccc21)OC(=O)CCCCCCCCCCCCCCCCC. The Kier molecular flexibility index (Phi) is 43.5. The van der Waals surface area contributed by atoms with Gasteiger partial charge in [-0.1, -0.05) is 243 Å². The van der Waals surface area contributed by atoms with E-state index in [-0.39, 0.29) is 71.2 Å². The molecule has 1 heterocycles. The second kappa shape index (κ2) is 48.6. The highest BCUT2D eigenvalue weighted by Gasteiger charge is 2.27. The van der Waals surface area contributed by atoms with E-state index in [0.717, 1.165) is 60.9 Å². The number of carbonyl (C=O) groups excluding carboxylic acids is 5. The number of alkyl carbamates (subject to hydrolysis) is 1. The summed E-state index contributed by atoms with van der Waals surface area (Å²) >= 11 is 0. The molecule has 2 aromatic rings. The number of hydrogen-bond donors (Lipinski definition) is 3. The van der Waals surface area contributed by atoms with Crippen molar-refractivity contribution in [2.24, 2.45) is 0 Å². The topological polar surface area (TPSA) is 196 Å². The zero-order chi connectivity index (χ0) is 58.3. The summed E-state index contributed by atoms with van der Waals surface area (Å²) in [7, 11) is -4.68. The second-order valence-corrected chi connectivity index (χ2v) is 23.3. The number of phosphoric ester groups is 1. The minimum absolute atomic E-state index is 0. The van der Waals surface area contributed by atoms with E-state index in [9.17, 15) is 33.4 Å². The quantitative estimate of drug-likeness (QED) is 0.0187. The fourth-order valence-electron chi connectivity index (χ4n) is 9.81. The Morgan fingerprint density at radius 2 is 0.976 bits per heavy atom. The van der Waals surface area contributed by atoms with E-state index in [4.69, 9.17) is 23.3 Å². The molecule has 0 saturated heterocycles. The van der Waals surface area contributed by atoms with Crippen molar-refractivity contribution in [2.75, 3.05) is 44.4 Å². The van der Waals surface area contributed by atoms with Gasteiger partial charge in [-0.25, -0.2) is 9.36 Å².